The number of H-pyrrole nitrogens is 1. The van der Waals surface area contributed by atoms with Crippen LogP contribution in [0.3, 0.4) is 0 Å². The fourth-order valence-corrected chi connectivity index (χ4v) is 3.73. The standard InChI is InChI=1S/C22H24ClN3O2/c1-13-8-15(3)25-21(27)19(13)10-24-22(28)20-14(2)11-26(16(20)4)12-17-6-5-7-18(23)9-17/h5-9,11H,10,12H2,1-4H3,(H,24,28)(H,25,27). The Labute approximate surface area is 169 Å². The second kappa shape index (κ2) is 8.07. The van der Waals surface area contributed by atoms with Crippen molar-refractivity contribution < 1.29 is 4.79 Å². The third-order valence-corrected chi connectivity index (χ3v) is 5.16. The third kappa shape index (κ3) is 4.20. The van der Waals surface area contributed by atoms with Crippen molar-refractivity contribution in [1.82, 2.24) is 14.9 Å². The molecule has 0 saturated carbocycles. The van der Waals surface area contributed by atoms with Crippen LogP contribution in [0.15, 0.2) is 41.3 Å². The van der Waals surface area contributed by atoms with E-state index in [1.807, 2.05) is 68.8 Å². The maximum Gasteiger partial charge on any atom is 0.253 e. The van der Waals surface area contributed by atoms with Crippen molar-refractivity contribution in [2.45, 2.75) is 40.8 Å². The summed E-state index contributed by atoms with van der Waals surface area (Å²) >= 11 is 6.07. The van der Waals surface area contributed by atoms with Gasteiger partial charge in [-0.15, -0.1) is 0 Å². The Morgan fingerprint density at radius 1 is 1.14 bits per heavy atom. The fraction of sp³-hybridized carbons (Fsp3) is 0.273. The van der Waals surface area contributed by atoms with Crippen LogP contribution in [0.5, 0.6) is 0 Å². The van der Waals surface area contributed by atoms with E-state index in [1.165, 1.54) is 0 Å². The van der Waals surface area contributed by atoms with Crippen LogP contribution < -0.4 is 10.9 Å². The lowest BCUT2D eigenvalue weighted by atomic mass is 10.1. The van der Waals surface area contributed by atoms with Crippen molar-refractivity contribution in [2.75, 3.05) is 0 Å². The van der Waals surface area contributed by atoms with E-state index in [1.54, 1.807) is 0 Å². The molecule has 1 aromatic carbocycles. The summed E-state index contributed by atoms with van der Waals surface area (Å²) in [6.07, 6.45) is 1.97. The third-order valence-electron chi connectivity index (χ3n) is 4.92. The lowest BCUT2D eigenvalue weighted by Crippen LogP contribution is -2.28. The molecule has 2 aromatic heterocycles. The summed E-state index contributed by atoms with van der Waals surface area (Å²) in [6, 6.07) is 9.58. The van der Waals surface area contributed by atoms with E-state index in [9.17, 15) is 9.59 Å². The van der Waals surface area contributed by atoms with Crippen LogP contribution in [-0.4, -0.2) is 15.5 Å². The van der Waals surface area contributed by atoms with Gasteiger partial charge in [0.05, 0.1) is 5.56 Å². The molecule has 6 heteroatoms. The highest BCUT2D eigenvalue weighted by atomic mass is 35.5. The first-order chi connectivity index (χ1) is 13.3. The molecule has 0 spiro atoms. The van der Waals surface area contributed by atoms with Crippen molar-refractivity contribution in [3.05, 3.63) is 91.1 Å². The molecule has 2 N–H and O–H groups in total. The minimum absolute atomic E-state index is 0.162. The van der Waals surface area contributed by atoms with Gasteiger partial charge >= 0.3 is 0 Å². The molecule has 0 unspecified atom stereocenters. The van der Waals surface area contributed by atoms with Gasteiger partial charge in [-0.2, -0.15) is 0 Å². The molecule has 0 atom stereocenters. The first-order valence-electron chi connectivity index (χ1n) is 9.14. The van der Waals surface area contributed by atoms with Gasteiger partial charge in [-0.05, 0) is 62.6 Å². The molecule has 0 fully saturated rings. The van der Waals surface area contributed by atoms with E-state index in [0.717, 1.165) is 28.1 Å². The van der Waals surface area contributed by atoms with Crippen LogP contribution >= 0.6 is 11.6 Å². The van der Waals surface area contributed by atoms with Crippen LogP contribution in [0.1, 0.15) is 44.0 Å². The van der Waals surface area contributed by atoms with Gasteiger partial charge in [0.1, 0.15) is 0 Å². The second-order valence-electron chi connectivity index (χ2n) is 7.16. The molecule has 0 radical (unpaired) electrons. The van der Waals surface area contributed by atoms with Crippen LogP contribution in [0, 0.1) is 27.7 Å². The average molecular weight is 398 g/mol. The average Bonchev–Trinajstić information content (AvgIpc) is 2.87. The smallest absolute Gasteiger partial charge is 0.253 e. The molecule has 3 aromatic rings. The number of halogens is 1. The van der Waals surface area contributed by atoms with Crippen LogP contribution in [0.4, 0.5) is 0 Å². The lowest BCUT2D eigenvalue weighted by molar-refractivity contribution is 0.0949. The van der Waals surface area contributed by atoms with E-state index in [-0.39, 0.29) is 18.0 Å². The van der Waals surface area contributed by atoms with Crippen molar-refractivity contribution in [1.29, 1.82) is 0 Å². The molecule has 146 valence electrons. The first-order valence-corrected chi connectivity index (χ1v) is 9.52. The molecule has 28 heavy (non-hydrogen) atoms. The van der Waals surface area contributed by atoms with E-state index in [4.69, 9.17) is 11.6 Å². The monoisotopic (exact) mass is 397 g/mol. The normalized spacial score (nSPS) is 10.9. The van der Waals surface area contributed by atoms with E-state index in [2.05, 4.69) is 10.3 Å². The van der Waals surface area contributed by atoms with Gasteiger partial charge in [0.25, 0.3) is 11.5 Å². The Bertz CT molecular complexity index is 1100. The van der Waals surface area contributed by atoms with Crippen LogP contribution in [0.2, 0.25) is 5.02 Å². The highest BCUT2D eigenvalue weighted by Crippen LogP contribution is 2.19. The van der Waals surface area contributed by atoms with Crippen molar-refractivity contribution in [2.24, 2.45) is 0 Å². The zero-order valence-electron chi connectivity index (χ0n) is 16.5. The SMILES string of the molecule is Cc1cc(C)c(CNC(=O)c2c(C)cn(Cc3cccc(Cl)c3)c2C)c(=O)[nH]1. The molecular weight excluding hydrogens is 374 g/mol. The number of benzene rings is 1. The van der Waals surface area contributed by atoms with Crippen LogP contribution in [-0.2, 0) is 13.1 Å². The summed E-state index contributed by atoms with van der Waals surface area (Å²) in [7, 11) is 0. The number of aromatic nitrogens is 2. The van der Waals surface area contributed by atoms with Crippen molar-refractivity contribution >= 4 is 17.5 Å². The first kappa shape index (κ1) is 20.0. The molecule has 3 rings (SSSR count). The number of aryl methyl sites for hydroxylation is 3. The van der Waals surface area contributed by atoms with Gasteiger partial charge in [0.2, 0.25) is 0 Å². The molecular formula is C22H24ClN3O2. The van der Waals surface area contributed by atoms with Crippen LogP contribution in [0.25, 0.3) is 0 Å². The Morgan fingerprint density at radius 2 is 1.89 bits per heavy atom. The number of carbonyl (C=O) groups is 1. The minimum atomic E-state index is -0.181. The number of hydrogen-bond acceptors (Lipinski definition) is 2. The van der Waals surface area contributed by atoms with Crippen molar-refractivity contribution in [3.8, 4) is 0 Å². The molecule has 2 heterocycles. The van der Waals surface area contributed by atoms with E-state index >= 15 is 0 Å². The Balaban J connectivity index is 1.79. The molecule has 0 aliphatic rings. The van der Waals surface area contributed by atoms with Gasteiger partial charge in [0, 0.05) is 41.3 Å². The largest absolute Gasteiger partial charge is 0.348 e. The summed E-state index contributed by atoms with van der Waals surface area (Å²) in [5.74, 6) is -0.181. The summed E-state index contributed by atoms with van der Waals surface area (Å²) < 4.78 is 2.04. The number of aromatic amines is 1. The lowest BCUT2D eigenvalue weighted by Gasteiger charge is -2.10. The maximum absolute atomic E-state index is 12.8. The predicted molar refractivity (Wildman–Crippen MR) is 112 cm³/mol. The van der Waals surface area contributed by atoms with Gasteiger partial charge in [0.15, 0.2) is 0 Å². The number of pyridine rings is 1. The van der Waals surface area contributed by atoms with Crippen molar-refractivity contribution in [3.63, 3.8) is 0 Å². The number of nitrogens with one attached hydrogen (secondary N) is 2. The quantitative estimate of drug-likeness (QED) is 0.682. The molecule has 0 saturated heterocycles. The summed E-state index contributed by atoms with van der Waals surface area (Å²) in [5, 5.41) is 3.58. The van der Waals surface area contributed by atoms with E-state index in [0.29, 0.717) is 22.7 Å². The van der Waals surface area contributed by atoms with Gasteiger partial charge < -0.3 is 14.9 Å². The molecule has 0 aliphatic carbocycles. The number of rotatable bonds is 5. The number of carbonyl (C=O) groups excluding carboxylic acids is 1. The van der Waals surface area contributed by atoms with E-state index < -0.39 is 0 Å². The maximum atomic E-state index is 12.8. The van der Waals surface area contributed by atoms with Gasteiger partial charge in [-0.1, -0.05) is 23.7 Å². The zero-order chi connectivity index (χ0) is 20.4. The molecule has 5 nitrogen and oxygen atoms in total. The summed E-state index contributed by atoms with van der Waals surface area (Å²) in [6.45, 7) is 8.39. The predicted octanol–water partition coefficient (Wildman–Crippen LogP) is 4.04. The Kier molecular flexibility index (Phi) is 5.75. The Morgan fingerprint density at radius 3 is 2.57 bits per heavy atom. The molecule has 0 bridgehead atoms. The number of nitrogens with zero attached hydrogens (tertiary/aromatic N) is 1. The van der Waals surface area contributed by atoms with Gasteiger partial charge in [-0.3, -0.25) is 9.59 Å². The minimum Gasteiger partial charge on any atom is -0.348 e. The zero-order valence-corrected chi connectivity index (χ0v) is 17.3. The molecule has 0 aliphatic heterocycles. The topological polar surface area (TPSA) is 66.9 Å². The highest BCUT2D eigenvalue weighted by Gasteiger charge is 2.18. The Hall–Kier alpha value is -2.79. The van der Waals surface area contributed by atoms with Gasteiger partial charge in [-0.25, -0.2) is 0 Å². The summed E-state index contributed by atoms with van der Waals surface area (Å²) in [4.78, 5) is 27.7. The number of amides is 1. The number of hydrogen-bond donors (Lipinski definition) is 2. The highest BCUT2D eigenvalue weighted by molar-refractivity contribution is 6.30. The molecule has 1 amide bonds. The second-order valence-corrected chi connectivity index (χ2v) is 7.59. The summed E-state index contributed by atoms with van der Waals surface area (Å²) in [5.41, 5.74) is 5.58. The fourth-order valence-electron chi connectivity index (χ4n) is 3.52.